The van der Waals surface area contributed by atoms with Gasteiger partial charge in [-0.3, -0.25) is 4.79 Å². The van der Waals surface area contributed by atoms with E-state index < -0.39 is 9.84 Å². The standard InChI is InChI=1S/C14H22N2O3S.ClH/c1-11(16-14(17)5-4-10-15-2)12-6-8-13(9-7-12)20(3,18)19;/h6-9,11,15H,4-5,10H2,1-3H3,(H,16,17);1H. The first-order valence-electron chi connectivity index (χ1n) is 6.58. The average Bonchev–Trinajstić information content (AvgIpc) is 2.38. The highest BCUT2D eigenvalue weighted by Crippen LogP contribution is 2.16. The summed E-state index contributed by atoms with van der Waals surface area (Å²) in [6.07, 6.45) is 2.45. The van der Waals surface area contributed by atoms with Crippen molar-refractivity contribution in [2.24, 2.45) is 0 Å². The molecule has 0 fully saturated rings. The molecule has 0 aliphatic rings. The van der Waals surface area contributed by atoms with Gasteiger partial charge in [0, 0.05) is 12.7 Å². The molecule has 0 aliphatic carbocycles. The fraction of sp³-hybridized carbons (Fsp3) is 0.500. The van der Waals surface area contributed by atoms with E-state index in [1.807, 2.05) is 14.0 Å². The van der Waals surface area contributed by atoms with Gasteiger partial charge in [-0.15, -0.1) is 12.4 Å². The molecule has 0 heterocycles. The first kappa shape index (κ1) is 19.9. The molecule has 7 heteroatoms. The molecule has 0 bridgehead atoms. The van der Waals surface area contributed by atoms with Crippen LogP contribution in [0.3, 0.4) is 0 Å². The van der Waals surface area contributed by atoms with Crippen LogP contribution in [0.2, 0.25) is 0 Å². The van der Waals surface area contributed by atoms with Crippen molar-refractivity contribution in [3.63, 3.8) is 0 Å². The topological polar surface area (TPSA) is 75.3 Å². The van der Waals surface area contributed by atoms with Gasteiger partial charge in [0.05, 0.1) is 10.9 Å². The number of hydrogen-bond acceptors (Lipinski definition) is 4. The van der Waals surface area contributed by atoms with Gasteiger partial charge in [0.25, 0.3) is 0 Å². The van der Waals surface area contributed by atoms with E-state index in [2.05, 4.69) is 10.6 Å². The van der Waals surface area contributed by atoms with E-state index in [-0.39, 0.29) is 29.3 Å². The number of rotatable bonds is 7. The van der Waals surface area contributed by atoms with Gasteiger partial charge < -0.3 is 10.6 Å². The molecular formula is C14H23ClN2O3S. The van der Waals surface area contributed by atoms with Crippen molar-refractivity contribution >= 4 is 28.2 Å². The van der Waals surface area contributed by atoms with Gasteiger partial charge in [-0.1, -0.05) is 12.1 Å². The van der Waals surface area contributed by atoms with Crippen molar-refractivity contribution in [3.8, 4) is 0 Å². The van der Waals surface area contributed by atoms with Crippen molar-refractivity contribution in [1.82, 2.24) is 10.6 Å². The molecule has 0 aliphatic heterocycles. The normalized spacial score (nSPS) is 12.3. The Balaban J connectivity index is 0.00000400. The minimum atomic E-state index is -3.18. The Hall–Kier alpha value is -1.11. The average molecular weight is 335 g/mol. The smallest absolute Gasteiger partial charge is 0.220 e. The first-order chi connectivity index (χ1) is 9.34. The van der Waals surface area contributed by atoms with E-state index in [1.165, 1.54) is 6.26 Å². The largest absolute Gasteiger partial charge is 0.350 e. The maximum Gasteiger partial charge on any atom is 0.220 e. The summed E-state index contributed by atoms with van der Waals surface area (Å²) in [7, 11) is -1.33. The Morgan fingerprint density at radius 2 is 1.81 bits per heavy atom. The molecule has 0 aromatic heterocycles. The van der Waals surface area contributed by atoms with E-state index in [1.54, 1.807) is 24.3 Å². The molecule has 0 spiro atoms. The lowest BCUT2D eigenvalue weighted by atomic mass is 10.1. The molecule has 1 unspecified atom stereocenters. The maximum absolute atomic E-state index is 11.7. The molecule has 0 radical (unpaired) electrons. The molecule has 0 saturated carbocycles. The zero-order valence-electron chi connectivity index (χ0n) is 12.5. The van der Waals surface area contributed by atoms with Crippen LogP contribution in [0.4, 0.5) is 0 Å². The van der Waals surface area contributed by atoms with E-state index in [0.29, 0.717) is 6.42 Å². The van der Waals surface area contributed by atoms with Gasteiger partial charge in [-0.2, -0.15) is 0 Å². The van der Waals surface area contributed by atoms with Crippen LogP contribution in [0.1, 0.15) is 31.4 Å². The Labute approximate surface area is 132 Å². The summed E-state index contributed by atoms with van der Waals surface area (Å²) >= 11 is 0. The molecule has 1 aromatic carbocycles. The lowest BCUT2D eigenvalue weighted by Gasteiger charge is -2.14. The van der Waals surface area contributed by atoms with Crippen molar-refractivity contribution < 1.29 is 13.2 Å². The SMILES string of the molecule is CNCCCC(=O)NC(C)c1ccc(S(C)(=O)=O)cc1.Cl. The lowest BCUT2D eigenvalue weighted by molar-refractivity contribution is -0.121. The summed E-state index contributed by atoms with van der Waals surface area (Å²) in [6.45, 7) is 2.69. The van der Waals surface area contributed by atoms with E-state index in [0.717, 1.165) is 18.5 Å². The predicted molar refractivity (Wildman–Crippen MR) is 86.5 cm³/mol. The van der Waals surface area contributed by atoms with Crippen LogP contribution in [0.5, 0.6) is 0 Å². The molecule has 5 nitrogen and oxygen atoms in total. The van der Waals surface area contributed by atoms with Crippen molar-refractivity contribution in [2.45, 2.75) is 30.7 Å². The number of amides is 1. The second-order valence-corrected chi connectivity index (χ2v) is 6.85. The van der Waals surface area contributed by atoms with E-state index >= 15 is 0 Å². The summed E-state index contributed by atoms with van der Waals surface area (Å²) in [6, 6.07) is 6.46. The number of carbonyl (C=O) groups excluding carboxylic acids is 1. The van der Waals surface area contributed by atoms with Crippen molar-refractivity contribution in [1.29, 1.82) is 0 Å². The molecule has 1 amide bonds. The fourth-order valence-electron chi connectivity index (χ4n) is 1.83. The Kier molecular flexibility index (Phi) is 8.54. The molecule has 0 saturated heterocycles. The van der Waals surface area contributed by atoms with E-state index in [4.69, 9.17) is 0 Å². The molecule has 1 atom stereocenters. The number of carbonyl (C=O) groups is 1. The summed E-state index contributed by atoms with van der Waals surface area (Å²) in [5, 5.41) is 5.89. The van der Waals surface area contributed by atoms with Gasteiger partial charge >= 0.3 is 0 Å². The Bertz CT molecular complexity index is 544. The maximum atomic E-state index is 11.7. The lowest BCUT2D eigenvalue weighted by Crippen LogP contribution is -2.27. The van der Waals surface area contributed by atoms with E-state index in [9.17, 15) is 13.2 Å². The zero-order valence-corrected chi connectivity index (χ0v) is 14.2. The van der Waals surface area contributed by atoms with Crippen LogP contribution in [0, 0.1) is 0 Å². The van der Waals surface area contributed by atoms with Crippen LogP contribution in [0.15, 0.2) is 29.2 Å². The second-order valence-electron chi connectivity index (χ2n) is 4.84. The monoisotopic (exact) mass is 334 g/mol. The Morgan fingerprint density at radius 3 is 2.29 bits per heavy atom. The molecule has 21 heavy (non-hydrogen) atoms. The van der Waals surface area contributed by atoms with Gasteiger partial charge in [-0.05, 0) is 44.6 Å². The third-order valence-electron chi connectivity index (χ3n) is 3.02. The minimum Gasteiger partial charge on any atom is -0.350 e. The third-order valence-corrected chi connectivity index (χ3v) is 4.14. The third kappa shape index (κ3) is 6.93. The number of nitrogens with one attached hydrogen (secondary N) is 2. The van der Waals surface area contributed by atoms with Gasteiger partial charge in [0.15, 0.2) is 9.84 Å². The predicted octanol–water partition coefficient (Wildman–Crippen LogP) is 1.69. The molecule has 2 N–H and O–H groups in total. The van der Waals surface area contributed by atoms with Crippen LogP contribution in [-0.2, 0) is 14.6 Å². The fourth-order valence-corrected chi connectivity index (χ4v) is 2.46. The molecular weight excluding hydrogens is 312 g/mol. The van der Waals surface area contributed by atoms with Gasteiger partial charge in [-0.25, -0.2) is 8.42 Å². The molecule has 1 rings (SSSR count). The van der Waals surface area contributed by atoms with Gasteiger partial charge in [0.2, 0.25) is 5.91 Å². The van der Waals surface area contributed by atoms with Crippen molar-refractivity contribution in [3.05, 3.63) is 29.8 Å². The number of hydrogen-bond donors (Lipinski definition) is 2. The highest BCUT2D eigenvalue weighted by Gasteiger charge is 2.11. The number of sulfone groups is 1. The highest BCUT2D eigenvalue weighted by molar-refractivity contribution is 7.90. The molecule has 120 valence electrons. The number of halogens is 1. The quantitative estimate of drug-likeness (QED) is 0.744. The van der Waals surface area contributed by atoms with Crippen LogP contribution < -0.4 is 10.6 Å². The summed E-state index contributed by atoms with van der Waals surface area (Å²) in [5.41, 5.74) is 0.888. The van der Waals surface area contributed by atoms with Gasteiger partial charge in [0.1, 0.15) is 0 Å². The zero-order chi connectivity index (χ0) is 15.2. The van der Waals surface area contributed by atoms with Crippen LogP contribution >= 0.6 is 12.4 Å². The summed E-state index contributed by atoms with van der Waals surface area (Å²) in [5.74, 6) is -0.0000559. The van der Waals surface area contributed by atoms with Crippen LogP contribution in [-0.4, -0.2) is 34.2 Å². The second kappa shape index (κ2) is 9.02. The number of benzene rings is 1. The van der Waals surface area contributed by atoms with Crippen LogP contribution in [0.25, 0.3) is 0 Å². The highest BCUT2D eigenvalue weighted by atomic mass is 35.5. The Morgan fingerprint density at radius 1 is 1.24 bits per heavy atom. The minimum absolute atomic E-state index is 0. The molecule has 1 aromatic rings. The first-order valence-corrected chi connectivity index (χ1v) is 8.47. The summed E-state index contributed by atoms with van der Waals surface area (Å²) in [4.78, 5) is 12.0. The van der Waals surface area contributed by atoms with Crippen molar-refractivity contribution in [2.75, 3.05) is 19.8 Å². The summed E-state index contributed by atoms with van der Waals surface area (Å²) < 4.78 is 22.7.